The zero-order valence-electron chi connectivity index (χ0n) is 11.9. The minimum absolute atomic E-state index is 0.199. The molecule has 3 aromatic rings. The molecule has 0 radical (unpaired) electrons. The van der Waals surface area contributed by atoms with Crippen molar-refractivity contribution in [2.24, 2.45) is 5.10 Å². The Kier molecular flexibility index (Phi) is 4.21. The Morgan fingerprint density at radius 2 is 2.04 bits per heavy atom. The van der Waals surface area contributed by atoms with Gasteiger partial charge in [-0.3, -0.25) is 10.4 Å². The first-order chi connectivity index (χ1) is 11.1. The number of hydrogen-bond acceptors (Lipinski definition) is 4. The number of carbonyl (C=O) groups is 1. The Balaban J connectivity index is 1.88. The Morgan fingerprint density at radius 1 is 1.22 bits per heavy atom. The molecule has 0 unspecified atom stereocenters. The molecule has 0 spiro atoms. The predicted octanol–water partition coefficient (Wildman–Crippen LogP) is 4.03. The van der Waals surface area contributed by atoms with E-state index in [2.05, 4.69) is 15.5 Å². The molecule has 23 heavy (non-hydrogen) atoms. The highest BCUT2D eigenvalue weighted by Crippen LogP contribution is 2.24. The van der Waals surface area contributed by atoms with Gasteiger partial charge < -0.3 is 5.11 Å². The molecule has 0 saturated carbocycles. The lowest BCUT2D eigenvalue weighted by molar-refractivity contribution is 0.0697. The summed E-state index contributed by atoms with van der Waals surface area (Å²) in [5, 5.41) is 14.8. The Labute approximate surface area is 137 Å². The van der Waals surface area contributed by atoms with Crippen molar-refractivity contribution in [2.45, 2.75) is 0 Å². The minimum atomic E-state index is -0.990. The van der Waals surface area contributed by atoms with Crippen LogP contribution >= 0.6 is 11.6 Å². The van der Waals surface area contributed by atoms with E-state index < -0.39 is 5.97 Å². The highest BCUT2D eigenvalue weighted by atomic mass is 35.5. The number of aromatic nitrogens is 1. The van der Waals surface area contributed by atoms with E-state index in [1.54, 1.807) is 42.6 Å². The van der Waals surface area contributed by atoms with Crippen LogP contribution in [-0.4, -0.2) is 22.3 Å². The standard InChI is InChI=1S/C17H12ClN3O2/c18-12-5-6-14-15(7-8-19-16(14)9-12)21-20-10-11-3-1-2-4-13(11)17(22)23/h1-10H,(H,19,21)(H,22,23)/b20-10-. The summed E-state index contributed by atoms with van der Waals surface area (Å²) in [7, 11) is 0. The van der Waals surface area contributed by atoms with E-state index in [0.29, 0.717) is 10.6 Å². The monoisotopic (exact) mass is 325 g/mol. The number of pyridine rings is 1. The normalized spacial score (nSPS) is 11.0. The van der Waals surface area contributed by atoms with E-state index in [9.17, 15) is 4.79 Å². The summed E-state index contributed by atoms with van der Waals surface area (Å²) in [4.78, 5) is 15.4. The van der Waals surface area contributed by atoms with Gasteiger partial charge in [-0.2, -0.15) is 5.10 Å². The van der Waals surface area contributed by atoms with E-state index in [1.165, 1.54) is 12.3 Å². The summed E-state index contributed by atoms with van der Waals surface area (Å²) in [5.41, 5.74) is 5.15. The molecule has 2 aromatic carbocycles. The zero-order valence-corrected chi connectivity index (χ0v) is 12.7. The lowest BCUT2D eigenvalue weighted by atomic mass is 10.1. The third-order valence-corrected chi connectivity index (χ3v) is 3.52. The van der Waals surface area contributed by atoms with Crippen LogP contribution in [0.5, 0.6) is 0 Å². The Morgan fingerprint density at radius 3 is 2.87 bits per heavy atom. The summed E-state index contributed by atoms with van der Waals surface area (Å²) in [6, 6.07) is 13.9. The molecular weight excluding hydrogens is 314 g/mol. The van der Waals surface area contributed by atoms with Gasteiger partial charge in [0.05, 0.1) is 23.0 Å². The molecule has 0 saturated heterocycles. The van der Waals surface area contributed by atoms with Crippen molar-refractivity contribution < 1.29 is 9.90 Å². The first-order valence-corrected chi connectivity index (χ1v) is 7.18. The van der Waals surface area contributed by atoms with Crippen LogP contribution in [0.4, 0.5) is 5.69 Å². The maximum Gasteiger partial charge on any atom is 0.336 e. The number of rotatable bonds is 4. The van der Waals surface area contributed by atoms with Gasteiger partial charge in [-0.15, -0.1) is 0 Å². The number of halogens is 1. The average molecular weight is 326 g/mol. The number of anilines is 1. The van der Waals surface area contributed by atoms with E-state index in [0.717, 1.165) is 16.6 Å². The van der Waals surface area contributed by atoms with Crippen molar-refractivity contribution >= 4 is 40.4 Å². The maximum atomic E-state index is 11.2. The van der Waals surface area contributed by atoms with Gasteiger partial charge in [0.1, 0.15) is 0 Å². The molecule has 2 N–H and O–H groups in total. The van der Waals surface area contributed by atoms with Crippen molar-refractivity contribution in [1.29, 1.82) is 0 Å². The van der Waals surface area contributed by atoms with Crippen molar-refractivity contribution in [3.05, 3.63) is 70.9 Å². The fourth-order valence-electron chi connectivity index (χ4n) is 2.19. The van der Waals surface area contributed by atoms with Gasteiger partial charge in [0.15, 0.2) is 0 Å². The fraction of sp³-hybridized carbons (Fsp3) is 0. The number of carboxylic acids is 1. The second-order valence-electron chi connectivity index (χ2n) is 4.78. The summed E-state index contributed by atoms with van der Waals surface area (Å²) in [6.45, 7) is 0. The van der Waals surface area contributed by atoms with Crippen molar-refractivity contribution in [2.75, 3.05) is 5.43 Å². The van der Waals surface area contributed by atoms with E-state index in [-0.39, 0.29) is 5.56 Å². The highest BCUT2D eigenvalue weighted by molar-refractivity contribution is 6.31. The third kappa shape index (κ3) is 3.30. The molecular formula is C17H12ClN3O2. The van der Waals surface area contributed by atoms with Crippen LogP contribution in [0.15, 0.2) is 59.8 Å². The SMILES string of the molecule is O=C(O)c1ccccc1/C=N\Nc1ccnc2cc(Cl)ccc12. The molecule has 0 bridgehead atoms. The lowest BCUT2D eigenvalue weighted by Gasteiger charge is -2.05. The number of nitrogens with one attached hydrogen (secondary N) is 1. The number of fused-ring (bicyclic) bond motifs is 1. The van der Waals surface area contributed by atoms with Gasteiger partial charge in [-0.05, 0) is 30.3 Å². The van der Waals surface area contributed by atoms with E-state index >= 15 is 0 Å². The molecule has 6 heteroatoms. The Hall–Kier alpha value is -2.92. The van der Waals surface area contributed by atoms with Crippen LogP contribution in [0.1, 0.15) is 15.9 Å². The number of benzene rings is 2. The van der Waals surface area contributed by atoms with Crippen LogP contribution in [-0.2, 0) is 0 Å². The molecule has 0 amide bonds. The maximum absolute atomic E-state index is 11.2. The van der Waals surface area contributed by atoms with Gasteiger partial charge in [-0.1, -0.05) is 29.8 Å². The Bertz CT molecular complexity index is 909. The average Bonchev–Trinajstić information content (AvgIpc) is 2.55. The van der Waals surface area contributed by atoms with Gasteiger partial charge in [-0.25, -0.2) is 4.79 Å². The molecule has 0 aliphatic heterocycles. The van der Waals surface area contributed by atoms with Crippen LogP contribution in [0, 0.1) is 0 Å². The number of hydrogen-bond donors (Lipinski definition) is 2. The molecule has 5 nitrogen and oxygen atoms in total. The first kappa shape index (κ1) is 15.0. The molecule has 114 valence electrons. The topological polar surface area (TPSA) is 74.6 Å². The van der Waals surface area contributed by atoms with Gasteiger partial charge in [0, 0.05) is 22.2 Å². The number of carboxylic acid groups (broad SMARTS) is 1. The van der Waals surface area contributed by atoms with Crippen molar-refractivity contribution in [3.63, 3.8) is 0 Å². The highest BCUT2D eigenvalue weighted by Gasteiger charge is 2.06. The second-order valence-corrected chi connectivity index (χ2v) is 5.22. The van der Waals surface area contributed by atoms with Crippen LogP contribution in [0.3, 0.4) is 0 Å². The van der Waals surface area contributed by atoms with Crippen LogP contribution in [0.25, 0.3) is 10.9 Å². The third-order valence-electron chi connectivity index (χ3n) is 3.28. The largest absolute Gasteiger partial charge is 0.478 e. The molecule has 0 aliphatic rings. The number of nitrogens with zero attached hydrogens (tertiary/aromatic N) is 2. The van der Waals surface area contributed by atoms with Gasteiger partial charge in [0.25, 0.3) is 0 Å². The summed E-state index contributed by atoms with van der Waals surface area (Å²) >= 11 is 5.96. The van der Waals surface area contributed by atoms with Crippen molar-refractivity contribution in [3.8, 4) is 0 Å². The predicted molar refractivity (Wildman–Crippen MR) is 91.4 cm³/mol. The summed E-state index contributed by atoms with van der Waals surface area (Å²) in [6.07, 6.45) is 3.13. The molecule has 1 aromatic heterocycles. The lowest BCUT2D eigenvalue weighted by Crippen LogP contribution is -2.02. The van der Waals surface area contributed by atoms with Crippen LogP contribution < -0.4 is 5.43 Å². The van der Waals surface area contributed by atoms with Crippen LogP contribution in [0.2, 0.25) is 5.02 Å². The van der Waals surface area contributed by atoms with Crippen molar-refractivity contribution in [1.82, 2.24) is 4.98 Å². The minimum Gasteiger partial charge on any atom is -0.478 e. The first-order valence-electron chi connectivity index (χ1n) is 6.81. The van der Waals surface area contributed by atoms with E-state index in [1.807, 2.05) is 6.07 Å². The fourth-order valence-corrected chi connectivity index (χ4v) is 2.36. The molecule has 0 atom stereocenters. The second kappa shape index (κ2) is 6.46. The van der Waals surface area contributed by atoms with E-state index in [4.69, 9.17) is 16.7 Å². The molecule has 0 fully saturated rings. The summed E-state index contributed by atoms with van der Waals surface area (Å²) < 4.78 is 0. The molecule has 0 aliphatic carbocycles. The molecule has 3 rings (SSSR count). The van der Waals surface area contributed by atoms with Gasteiger partial charge >= 0.3 is 5.97 Å². The number of hydrazone groups is 1. The zero-order chi connectivity index (χ0) is 16.2. The number of aromatic carboxylic acids is 1. The summed E-state index contributed by atoms with van der Waals surface area (Å²) in [5.74, 6) is -0.990. The molecule has 1 heterocycles. The smallest absolute Gasteiger partial charge is 0.336 e. The van der Waals surface area contributed by atoms with Gasteiger partial charge in [0.2, 0.25) is 0 Å². The quantitative estimate of drug-likeness (QED) is 0.561.